The second-order valence-electron chi connectivity index (χ2n) is 14.2. The van der Waals surface area contributed by atoms with Crippen molar-refractivity contribution in [3.8, 4) is 16.8 Å². The average Bonchev–Trinajstić information content (AvgIpc) is 3.05. The van der Waals surface area contributed by atoms with Crippen LogP contribution in [0.4, 0.5) is 21.6 Å². The van der Waals surface area contributed by atoms with E-state index in [0.717, 1.165) is 48.8 Å². The summed E-state index contributed by atoms with van der Waals surface area (Å²) in [6.45, 7) is 12.1. The number of halogens is 1. The third-order valence-electron chi connectivity index (χ3n) is 9.76. The molecule has 0 saturated carbocycles. The molecular formula is C37H41FN8O4. The summed E-state index contributed by atoms with van der Waals surface area (Å²) in [4.78, 5) is 40.7. The minimum atomic E-state index is -0.671. The van der Waals surface area contributed by atoms with E-state index in [1.54, 1.807) is 31.6 Å². The average molecular weight is 681 g/mol. The van der Waals surface area contributed by atoms with Crippen molar-refractivity contribution in [1.82, 2.24) is 29.2 Å². The third-order valence-corrected chi connectivity index (χ3v) is 9.76. The number of nitrogens with zero attached hydrogens (tertiary/aromatic N) is 7. The van der Waals surface area contributed by atoms with Crippen LogP contribution in [0.25, 0.3) is 27.6 Å². The van der Waals surface area contributed by atoms with Gasteiger partial charge in [-0.1, -0.05) is 20.8 Å². The summed E-state index contributed by atoms with van der Waals surface area (Å²) in [7, 11) is 1.63. The van der Waals surface area contributed by atoms with Gasteiger partial charge in [-0.15, -0.1) is 0 Å². The first-order chi connectivity index (χ1) is 23.9. The van der Waals surface area contributed by atoms with E-state index in [1.165, 1.54) is 23.0 Å². The maximum Gasteiger partial charge on any atom is 0.282 e. The molecule has 0 spiro atoms. The van der Waals surface area contributed by atoms with Crippen LogP contribution in [0.3, 0.4) is 0 Å². The van der Waals surface area contributed by atoms with E-state index in [0.29, 0.717) is 40.0 Å². The number of fused-ring (bicyclic) bond motifs is 1. The molecule has 0 bridgehead atoms. The van der Waals surface area contributed by atoms with Gasteiger partial charge in [-0.3, -0.25) is 19.5 Å². The molecule has 2 fully saturated rings. The van der Waals surface area contributed by atoms with E-state index in [2.05, 4.69) is 37.1 Å². The van der Waals surface area contributed by atoms with Crippen LogP contribution in [0.2, 0.25) is 0 Å². The number of ether oxygens (including phenoxy) is 1. The summed E-state index contributed by atoms with van der Waals surface area (Å²) in [5, 5.41) is 18.4. The predicted molar refractivity (Wildman–Crippen MR) is 191 cm³/mol. The maximum atomic E-state index is 15.4. The normalized spacial score (nSPS) is 17.3. The van der Waals surface area contributed by atoms with Crippen LogP contribution in [-0.4, -0.2) is 79.3 Å². The molecule has 12 nitrogen and oxygen atoms in total. The molecule has 1 unspecified atom stereocenters. The molecule has 2 saturated heterocycles. The molecule has 260 valence electrons. The highest BCUT2D eigenvalue weighted by Gasteiger charge is 2.32. The lowest BCUT2D eigenvalue weighted by Gasteiger charge is -2.46. The van der Waals surface area contributed by atoms with Crippen LogP contribution >= 0.6 is 0 Å². The second kappa shape index (κ2) is 13.0. The smallest absolute Gasteiger partial charge is 0.282 e. The van der Waals surface area contributed by atoms with Gasteiger partial charge in [0.25, 0.3) is 11.1 Å². The molecule has 0 radical (unpaired) electrons. The summed E-state index contributed by atoms with van der Waals surface area (Å²) >= 11 is 0. The Balaban J connectivity index is 1.18. The number of pyridine rings is 3. The van der Waals surface area contributed by atoms with Crippen molar-refractivity contribution in [1.29, 1.82) is 0 Å². The first-order valence-corrected chi connectivity index (χ1v) is 16.8. The van der Waals surface area contributed by atoms with Gasteiger partial charge in [0, 0.05) is 67.2 Å². The van der Waals surface area contributed by atoms with Crippen molar-refractivity contribution in [2.75, 3.05) is 43.1 Å². The highest BCUT2D eigenvalue weighted by molar-refractivity contribution is 5.83. The number of anilines is 3. The Morgan fingerprint density at radius 3 is 2.50 bits per heavy atom. The molecule has 2 N–H and O–H groups in total. The Hall–Kier alpha value is -4.98. The minimum Gasteiger partial charge on any atom is -0.392 e. The van der Waals surface area contributed by atoms with Crippen LogP contribution in [0.5, 0.6) is 0 Å². The van der Waals surface area contributed by atoms with E-state index in [-0.39, 0.29) is 27.7 Å². The van der Waals surface area contributed by atoms with E-state index >= 15 is 4.39 Å². The first kappa shape index (κ1) is 33.5. The van der Waals surface area contributed by atoms with Crippen molar-refractivity contribution >= 4 is 28.0 Å². The van der Waals surface area contributed by atoms with Crippen molar-refractivity contribution in [2.24, 2.45) is 7.05 Å². The number of nitrogens with one attached hydrogen (secondary N) is 1. The van der Waals surface area contributed by atoms with Gasteiger partial charge < -0.3 is 24.6 Å². The van der Waals surface area contributed by atoms with Crippen LogP contribution in [0.15, 0.2) is 70.9 Å². The van der Waals surface area contributed by atoms with Gasteiger partial charge >= 0.3 is 0 Å². The molecule has 7 rings (SSSR count). The SMILES string of the molecule is CC1CN(C2COC2)CCN1c1ccc(Nc2cc(-c3cncc(-n4ncc5cc(C(C)(C)C)cc(F)c5c4=O)c3CO)cn(C)c2=O)nc1. The Bertz CT molecular complexity index is 2190. The number of aryl methyl sites for hydroxylation is 1. The second-order valence-corrected chi connectivity index (χ2v) is 14.2. The fourth-order valence-corrected chi connectivity index (χ4v) is 6.76. The van der Waals surface area contributed by atoms with Crippen molar-refractivity contribution in [3.05, 3.63) is 99.0 Å². The molecule has 0 aliphatic carbocycles. The summed E-state index contributed by atoms with van der Waals surface area (Å²) in [6, 6.07) is 9.50. The zero-order valence-corrected chi connectivity index (χ0v) is 28.9. The van der Waals surface area contributed by atoms with Gasteiger partial charge in [0.15, 0.2) is 0 Å². The van der Waals surface area contributed by atoms with Crippen molar-refractivity contribution in [2.45, 2.75) is 51.8 Å². The molecule has 5 aromatic rings. The van der Waals surface area contributed by atoms with Gasteiger partial charge in [-0.25, -0.2) is 9.37 Å². The fourth-order valence-electron chi connectivity index (χ4n) is 6.76. The Morgan fingerprint density at radius 1 is 1.04 bits per heavy atom. The molecule has 6 heterocycles. The van der Waals surface area contributed by atoms with Crippen LogP contribution in [-0.2, 0) is 23.8 Å². The molecule has 50 heavy (non-hydrogen) atoms. The Morgan fingerprint density at radius 2 is 1.84 bits per heavy atom. The van der Waals surface area contributed by atoms with E-state index in [4.69, 9.17) is 4.74 Å². The number of benzene rings is 1. The summed E-state index contributed by atoms with van der Waals surface area (Å²) < 4.78 is 23.3. The fraction of sp³-hybridized carbons (Fsp3) is 0.378. The highest BCUT2D eigenvalue weighted by atomic mass is 19.1. The van der Waals surface area contributed by atoms with E-state index < -0.39 is 18.0 Å². The lowest BCUT2D eigenvalue weighted by atomic mass is 9.86. The van der Waals surface area contributed by atoms with E-state index in [1.807, 2.05) is 39.1 Å². The third kappa shape index (κ3) is 6.16. The van der Waals surface area contributed by atoms with Crippen molar-refractivity contribution in [3.63, 3.8) is 0 Å². The topological polar surface area (TPSA) is 131 Å². The minimum absolute atomic E-state index is 0.102. The molecule has 1 atom stereocenters. The number of aliphatic hydroxyl groups excluding tert-OH is 1. The molecule has 2 aliphatic rings. The predicted octanol–water partition coefficient (Wildman–Crippen LogP) is 4.12. The highest BCUT2D eigenvalue weighted by Crippen LogP contribution is 2.31. The van der Waals surface area contributed by atoms with Crippen molar-refractivity contribution < 1.29 is 14.2 Å². The lowest BCUT2D eigenvalue weighted by molar-refractivity contribution is -0.0691. The molecule has 13 heteroatoms. The Labute approximate surface area is 288 Å². The van der Waals surface area contributed by atoms with Gasteiger partial charge in [0.1, 0.15) is 17.3 Å². The molecule has 2 aliphatic heterocycles. The summed E-state index contributed by atoms with van der Waals surface area (Å²) in [5.74, 6) is -0.144. The summed E-state index contributed by atoms with van der Waals surface area (Å²) in [5.41, 5.74) is 2.32. The van der Waals surface area contributed by atoms with Gasteiger partial charge in [-0.2, -0.15) is 9.78 Å². The van der Waals surface area contributed by atoms with Gasteiger partial charge in [-0.05, 0) is 48.2 Å². The largest absolute Gasteiger partial charge is 0.392 e. The quantitative estimate of drug-likeness (QED) is 0.259. The first-order valence-electron chi connectivity index (χ1n) is 16.8. The van der Waals surface area contributed by atoms with E-state index in [9.17, 15) is 14.7 Å². The maximum absolute atomic E-state index is 15.4. The number of aromatic nitrogens is 5. The standard InChI is InChI=1S/C37H41FN8O4/c1-22-17-44(27-20-50-21-27)8-9-45(22)26-6-7-33(40-14-26)42-31-11-24(18-43(5)35(31)48)28-15-39-16-32(29(28)19-47)46-36(49)34-23(13-41-46)10-25(12-30(34)38)37(2,3)4/h6-7,10-16,18,22,27,47H,8-9,17,19-21H2,1-5H3,(H,40,42). The zero-order chi connectivity index (χ0) is 35.3. The summed E-state index contributed by atoms with van der Waals surface area (Å²) in [6.07, 6.45) is 7.85. The molecular weight excluding hydrogens is 639 g/mol. The Kier molecular flexibility index (Phi) is 8.75. The van der Waals surface area contributed by atoms with Crippen LogP contribution in [0.1, 0.15) is 38.8 Å². The van der Waals surface area contributed by atoms with Gasteiger partial charge in [0.2, 0.25) is 0 Å². The monoisotopic (exact) mass is 680 g/mol. The van der Waals surface area contributed by atoms with Crippen LogP contribution in [0, 0.1) is 5.82 Å². The number of rotatable bonds is 7. The van der Waals surface area contributed by atoms with Crippen LogP contribution < -0.4 is 21.3 Å². The number of piperazine rings is 1. The molecule has 4 aromatic heterocycles. The zero-order valence-electron chi connectivity index (χ0n) is 28.9. The van der Waals surface area contributed by atoms with Gasteiger partial charge in [0.05, 0.1) is 61.2 Å². The number of hydrogen-bond donors (Lipinski definition) is 2. The number of hydrogen-bond acceptors (Lipinski definition) is 10. The molecule has 1 aromatic carbocycles. The number of aliphatic hydroxyl groups is 1. The molecule has 0 amide bonds. The lowest BCUT2D eigenvalue weighted by Crippen LogP contribution is -2.59.